The Hall–Kier alpha value is -1.75. The van der Waals surface area contributed by atoms with E-state index in [0.29, 0.717) is 12.2 Å². The second-order valence-electron chi connectivity index (χ2n) is 4.97. The van der Waals surface area contributed by atoms with E-state index in [1.807, 2.05) is 0 Å². The molecule has 0 bridgehead atoms. The summed E-state index contributed by atoms with van der Waals surface area (Å²) in [4.78, 5) is 19.4. The number of nitrogens with zero attached hydrogens (tertiary/aromatic N) is 2. The van der Waals surface area contributed by atoms with Crippen molar-refractivity contribution in [1.29, 1.82) is 0 Å². The van der Waals surface area contributed by atoms with E-state index < -0.39 is 5.60 Å². The van der Waals surface area contributed by atoms with Crippen molar-refractivity contribution in [2.45, 2.75) is 37.7 Å². The molecule has 0 saturated heterocycles. The third-order valence-electron chi connectivity index (χ3n) is 3.39. The third-order valence-corrected chi connectivity index (χ3v) is 3.39. The van der Waals surface area contributed by atoms with Crippen LogP contribution in [0.5, 0.6) is 0 Å². The van der Waals surface area contributed by atoms with Gasteiger partial charge in [-0.2, -0.15) is 0 Å². The lowest BCUT2D eigenvalue weighted by Crippen LogP contribution is -2.43. The maximum Gasteiger partial charge on any atom is 0.244 e. The molecule has 0 radical (unpaired) electrons. The molecule has 5 nitrogen and oxygen atoms in total. The average molecular weight is 261 g/mol. The molecule has 1 aliphatic carbocycles. The molecule has 1 aromatic heterocycles. The molecular formula is C14H19N3O2. The van der Waals surface area contributed by atoms with Gasteiger partial charge in [0, 0.05) is 18.8 Å². The number of hydrogen-bond acceptors (Lipinski definition) is 4. The van der Waals surface area contributed by atoms with Gasteiger partial charge in [0.2, 0.25) is 5.91 Å². The van der Waals surface area contributed by atoms with Crippen LogP contribution in [0.15, 0.2) is 24.7 Å². The molecule has 2 rings (SSSR count). The van der Waals surface area contributed by atoms with Gasteiger partial charge in [0.25, 0.3) is 0 Å². The Bertz CT molecular complexity index is 439. The molecule has 1 saturated carbocycles. The van der Waals surface area contributed by atoms with Crippen LogP contribution in [0.2, 0.25) is 0 Å². The largest absolute Gasteiger partial charge is 0.388 e. The van der Waals surface area contributed by atoms with E-state index >= 15 is 0 Å². The number of amides is 1. The molecule has 0 unspecified atom stereocenters. The quantitative estimate of drug-likeness (QED) is 0.801. The van der Waals surface area contributed by atoms with E-state index in [-0.39, 0.29) is 5.91 Å². The molecule has 1 aliphatic rings. The monoisotopic (exact) mass is 261 g/mol. The van der Waals surface area contributed by atoms with Gasteiger partial charge in [-0.1, -0.05) is 19.3 Å². The number of aliphatic hydroxyl groups is 1. The van der Waals surface area contributed by atoms with Crippen molar-refractivity contribution in [3.05, 3.63) is 30.4 Å². The van der Waals surface area contributed by atoms with E-state index in [1.165, 1.54) is 18.8 Å². The topological polar surface area (TPSA) is 75.1 Å². The summed E-state index contributed by atoms with van der Waals surface area (Å²) in [6.45, 7) is 0.319. The number of carbonyl (C=O) groups is 1. The third kappa shape index (κ3) is 4.44. The Morgan fingerprint density at radius 1 is 1.42 bits per heavy atom. The van der Waals surface area contributed by atoms with Crippen LogP contribution < -0.4 is 5.32 Å². The minimum Gasteiger partial charge on any atom is -0.388 e. The maximum atomic E-state index is 11.6. The van der Waals surface area contributed by atoms with Crippen LogP contribution in [0.1, 0.15) is 37.8 Å². The summed E-state index contributed by atoms with van der Waals surface area (Å²) in [6.07, 6.45) is 10.9. The van der Waals surface area contributed by atoms with Gasteiger partial charge in [0.15, 0.2) is 0 Å². The zero-order valence-corrected chi connectivity index (χ0v) is 10.9. The Balaban J connectivity index is 1.80. The minimum atomic E-state index is -0.726. The van der Waals surface area contributed by atoms with E-state index in [2.05, 4.69) is 15.3 Å². The Morgan fingerprint density at radius 3 is 2.89 bits per heavy atom. The molecule has 0 atom stereocenters. The van der Waals surface area contributed by atoms with Gasteiger partial charge in [-0.25, -0.2) is 9.97 Å². The second kappa shape index (κ2) is 6.43. The predicted molar refractivity (Wildman–Crippen MR) is 72.1 cm³/mol. The van der Waals surface area contributed by atoms with Crippen LogP contribution in [0.4, 0.5) is 0 Å². The molecule has 2 N–H and O–H groups in total. The second-order valence-corrected chi connectivity index (χ2v) is 4.97. The van der Waals surface area contributed by atoms with Crippen LogP contribution >= 0.6 is 0 Å². The van der Waals surface area contributed by atoms with Crippen molar-refractivity contribution >= 4 is 12.0 Å². The molecule has 0 aromatic carbocycles. The minimum absolute atomic E-state index is 0.211. The number of carbonyl (C=O) groups excluding carboxylic acids is 1. The molecular weight excluding hydrogens is 242 g/mol. The molecule has 5 heteroatoms. The molecule has 1 heterocycles. The predicted octanol–water partition coefficient (Wildman–Crippen LogP) is 1.30. The van der Waals surface area contributed by atoms with Crippen molar-refractivity contribution in [3.63, 3.8) is 0 Å². The highest BCUT2D eigenvalue weighted by Gasteiger charge is 2.29. The Kier molecular flexibility index (Phi) is 4.63. The first-order valence-electron chi connectivity index (χ1n) is 6.62. The number of aromatic nitrogens is 2. The fourth-order valence-electron chi connectivity index (χ4n) is 2.26. The molecule has 19 heavy (non-hydrogen) atoms. The molecule has 102 valence electrons. The van der Waals surface area contributed by atoms with Crippen molar-refractivity contribution in [2.24, 2.45) is 0 Å². The molecule has 1 amide bonds. The number of hydrogen-bond donors (Lipinski definition) is 2. The van der Waals surface area contributed by atoms with Crippen LogP contribution in [0, 0.1) is 0 Å². The van der Waals surface area contributed by atoms with Gasteiger partial charge >= 0.3 is 0 Å². The SMILES string of the molecule is O=C(/C=C/c1ccncn1)NCC1(O)CCCCC1. The van der Waals surface area contributed by atoms with Crippen LogP contribution in [0.3, 0.4) is 0 Å². The highest BCUT2D eigenvalue weighted by atomic mass is 16.3. The smallest absolute Gasteiger partial charge is 0.244 e. The highest BCUT2D eigenvalue weighted by molar-refractivity contribution is 5.91. The first-order chi connectivity index (χ1) is 9.18. The Labute approximate surface area is 112 Å². The van der Waals surface area contributed by atoms with Gasteiger partial charge in [-0.3, -0.25) is 4.79 Å². The zero-order valence-electron chi connectivity index (χ0n) is 10.9. The standard InChI is InChI=1S/C14H19N3O2/c18-13(5-4-12-6-9-15-11-17-12)16-10-14(19)7-2-1-3-8-14/h4-6,9,11,19H,1-3,7-8,10H2,(H,16,18)/b5-4+. The average Bonchev–Trinajstić information content (AvgIpc) is 2.45. The van der Waals surface area contributed by atoms with Crippen molar-refractivity contribution < 1.29 is 9.90 Å². The lowest BCUT2D eigenvalue weighted by Gasteiger charge is -2.31. The highest BCUT2D eigenvalue weighted by Crippen LogP contribution is 2.27. The lowest BCUT2D eigenvalue weighted by molar-refractivity contribution is -0.118. The number of nitrogens with one attached hydrogen (secondary N) is 1. The van der Waals surface area contributed by atoms with Crippen LogP contribution in [0.25, 0.3) is 6.08 Å². The van der Waals surface area contributed by atoms with E-state index in [9.17, 15) is 9.90 Å². The molecule has 0 aliphatic heterocycles. The van der Waals surface area contributed by atoms with E-state index in [1.54, 1.807) is 18.3 Å². The summed E-state index contributed by atoms with van der Waals surface area (Å²) in [7, 11) is 0. The van der Waals surface area contributed by atoms with Crippen molar-refractivity contribution in [2.75, 3.05) is 6.54 Å². The summed E-state index contributed by atoms with van der Waals surface area (Å²) >= 11 is 0. The van der Waals surface area contributed by atoms with Gasteiger partial charge in [0.1, 0.15) is 6.33 Å². The lowest BCUT2D eigenvalue weighted by atomic mass is 9.85. The molecule has 1 aromatic rings. The van der Waals surface area contributed by atoms with Crippen molar-refractivity contribution in [1.82, 2.24) is 15.3 Å². The summed E-state index contributed by atoms with van der Waals surface area (Å²) in [6, 6.07) is 1.72. The molecule has 1 fully saturated rings. The fourth-order valence-corrected chi connectivity index (χ4v) is 2.26. The summed E-state index contributed by atoms with van der Waals surface area (Å²) < 4.78 is 0. The van der Waals surface area contributed by atoms with Crippen molar-refractivity contribution in [3.8, 4) is 0 Å². The van der Waals surface area contributed by atoms with E-state index in [4.69, 9.17) is 0 Å². The maximum absolute atomic E-state index is 11.6. The first-order valence-corrected chi connectivity index (χ1v) is 6.62. The van der Waals surface area contributed by atoms with Crippen LogP contribution in [-0.4, -0.2) is 33.1 Å². The molecule has 0 spiro atoms. The summed E-state index contributed by atoms with van der Waals surface area (Å²) in [5.74, 6) is -0.211. The van der Waals surface area contributed by atoms with Gasteiger partial charge in [0.05, 0.1) is 11.3 Å². The first kappa shape index (κ1) is 13.7. The zero-order chi connectivity index (χ0) is 13.6. The number of rotatable bonds is 4. The van der Waals surface area contributed by atoms with Gasteiger partial charge in [-0.15, -0.1) is 0 Å². The summed E-state index contributed by atoms with van der Waals surface area (Å²) in [5.41, 5.74) is -0.0436. The van der Waals surface area contributed by atoms with Gasteiger partial charge in [-0.05, 0) is 25.0 Å². The summed E-state index contributed by atoms with van der Waals surface area (Å²) in [5, 5.41) is 13.0. The Morgan fingerprint density at radius 2 is 2.21 bits per heavy atom. The van der Waals surface area contributed by atoms with Crippen LogP contribution in [-0.2, 0) is 4.79 Å². The fraction of sp³-hybridized carbons (Fsp3) is 0.500. The normalized spacial score (nSPS) is 18.4. The van der Waals surface area contributed by atoms with Gasteiger partial charge < -0.3 is 10.4 Å². The van der Waals surface area contributed by atoms with E-state index in [0.717, 1.165) is 25.7 Å².